The number of carboxylic acids is 1. The molecule has 1 unspecified atom stereocenters. The Morgan fingerprint density at radius 2 is 1.90 bits per heavy atom. The first kappa shape index (κ1) is 17.8. The van der Waals surface area contributed by atoms with Gasteiger partial charge in [-0.2, -0.15) is 0 Å². The molecule has 0 saturated carbocycles. The Hall–Kier alpha value is -1.30. The van der Waals surface area contributed by atoms with Gasteiger partial charge < -0.3 is 15.2 Å². The molecule has 0 spiro atoms. The minimum atomic E-state index is -1.25. The van der Waals surface area contributed by atoms with Crippen LogP contribution in [0.4, 0.5) is 4.79 Å². The Bertz CT molecular complexity index is 388. The van der Waals surface area contributed by atoms with Crippen LogP contribution in [0.15, 0.2) is 0 Å². The fraction of sp³-hybridized carbons (Fsp3) is 0.867. The smallest absolute Gasteiger partial charge is 0.408 e. The minimum absolute atomic E-state index is 0.327. The molecule has 0 aliphatic carbocycles. The molecule has 1 fully saturated rings. The molecule has 6 nitrogen and oxygen atoms in total. The molecule has 0 aromatic heterocycles. The van der Waals surface area contributed by atoms with E-state index in [1.807, 2.05) is 0 Å². The van der Waals surface area contributed by atoms with E-state index in [4.69, 9.17) is 4.74 Å². The summed E-state index contributed by atoms with van der Waals surface area (Å²) < 4.78 is 5.19. The molecule has 122 valence electrons. The molecular weight excluding hydrogens is 272 g/mol. The van der Waals surface area contributed by atoms with E-state index in [-0.39, 0.29) is 0 Å². The maximum atomic E-state index is 11.9. The first-order chi connectivity index (χ1) is 9.63. The average Bonchev–Trinajstić information content (AvgIpc) is 2.73. The third-order valence-electron chi connectivity index (χ3n) is 3.91. The van der Waals surface area contributed by atoms with Crippen LogP contribution >= 0.6 is 0 Å². The monoisotopic (exact) mass is 300 g/mol. The molecule has 1 amide bonds. The largest absolute Gasteiger partial charge is 0.479 e. The van der Waals surface area contributed by atoms with E-state index in [1.165, 1.54) is 0 Å². The van der Waals surface area contributed by atoms with Gasteiger partial charge in [0.05, 0.1) is 0 Å². The molecular formula is C15H28N2O4. The third kappa shape index (κ3) is 4.59. The third-order valence-corrected chi connectivity index (χ3v) is 3.91. The predicted molar refractivity (Wildman–Crippen MR) is 80.3 cm³/mol. The fourth-order valence-corrected chi connectivity index (χ4v) is 2.79. The van der Waals surface area contributed by atoms with Gasteiger partial charge in [0.1, 0.15) is 5.60 Å². The van der Waals surface area contributed by atoms with Crippen molar-refractivity contribution >= 4 is 12.1 Å². The highest BCUT2D eigenvalue weighted by molar-refractivity contribution is 5.85. The van der Waals surface area contributed by atoms with Crippen LogP contribution in [0.5, 0.6) is 0 Å². The molecule has 1 atom stereocenters. The van der Waals surface area contributed by atoms with Gasteiger partial charge in [0, 0.05) is 19.1 Å². The van der Waals surface area contributed by atoms with Gasteiger partial charge in [-0.3, -0.25) is 4.90 Å². The Labute approximate surface area is 126 Å². The van der Waals surface area contributed by atoms with Gasteiger partial charge in [0.25, 0.3) is 0 Å². The van der Waals surface area contributed by atoms with E-state index in [0.29, 0.717) is 25.6 Å². The number of rotatable bonds is 5. The molecule has 0 aromatic rings. The van der Waals surface area contributed by atoms with Crippen LogP contribution < -0.4 is 5.32 Å². The normalized spacial score (nSPS) is 23.3. The number of hydrogen-bond acceptors (Lipinski definition) is 4. The van der Waals surface area contributed by atoms with Crippen LogP contribution in [-0.4, -0.2) is 52.3 Å². The fourth-order valence-electron chi connectivity index (χ4n) is 2.79. The highest BCUT2D eigenvalue weighted by Gasteiger charge is 2.47. The van der Waals surface area contributed by atoms with Gasteiger partial charge in [0.2, 0.25) is 0 Å². The first-order valence-corrected chi connectivity index (χ1v) is 7.62. The van der Waals surface area contributed by atoms with Gasteiger partial charge in [-0.25, -0.2) is 9.59 Å². The quantitative estimate of drug-likeness (QED) is 0.814. The average molecular weight is 300 g/mol. The van der Waals surface area contributed by atoms with Crippen molar-refractivity contribution in [3.05, 3.63) is 0 Å². The second-order valence-corrected chi connectivity index (χ2v) is 6.70. The molecule has 0 bridgehead atoms. The zero-order valence-electron chi connectivity index (χ0n) is 13.7. The number of carboxylic acid groups (broad SMARTS) is 1. The number of hydrogen-bond donors (Lipinski definition) is 2. The number of ether oxygens (including phenoxy) is 1. The number of alkyl carbamates (subject to hydrolysis) is 1. The summed E-state index contributed by atoms with van der Waals surface area (Å²) in [6, 6.07) is 0.353. The van der Waals surface area contributed by atoms with Crippen LogP contribution in [0.1, 0.15) is 53.9 Å². The van der Waals surface area contributed by atoms with E-state index in [9.17, 15) is 14.7 Å². The lowest BCUT2D eigenvalue weighted by atomic mass is 9.99. The van der Waals surface area contributed by atoms with E-state index in [2.05, 4.69) is 24.1 Å². The summed E-state index contributed by atoms with van der Waals surface area (Å²) in [5.41, 5.74) is -1.89. The molecule has 1 aliphatic rings. The van der Waals surface area contributed by atoms with Gasteiger partial charge in [-0.15, -0.1) is 0 Å². The summed E-state index contributed by atoms with van der Waals surface area (Å²) in [7, 11) is 0. The summed E-state index contributed by atoms with van der Waals surface area (Å²) in [6.07, 6.45) is 1.67. The van der Waals surface area contributed by atoms with Crippen molar-refractivity contribution in [2.75, 3.05) is 13.1 Å². The lowest BCUT2D eigenvalue weighted by Crippen LogP contribution is -2.57. The Kier molecular flexibility index (Phi) is 5.61. The number of aliphatic carboxylic acids is 1. The van der Waals surface area contributed by atoms with Crippen molar-refractivity contribution in [2.45, 2.75) is 71.1 Å². The van der Waals surface area contributed by atoms with E-state index >= 15 is 0 Å². The van der Waals surface area contributed by atoms with Crippen LogP contribution in [0, 0.1) is 0 Å². The molecule has 1 heterocycles. The molecule has 6 heteroatoms. The SMILES string of the molecule is CCC(CC)N1CCC(NC(=O)OC(C)(C)C)(C(=O)O)C1. The molecule has 1 aliphatic heterocycles. The van der Waals surface area contributed by atoms with Crippen molar-refractivity contribution < 1.29 is 19.4 Å². The van der Waals surface area contributed by atoms with Crippen molar-refractivity contribution in [2.24, 2.45) is 0 Å². The van der Waals surface area contributed by atoms with Crippen LogP contribution in [0.3, 0.4) is 0 Å². The second-order valence-electron chi connectivity index (χ2n) is 6.70. The highest BCUT2D eigenvalue weighted by Crippen LogP contribution is 2.26. The lowest BCUT2D eigenvalue weighted by molar-refractivity contribution is -0.144. The molecule has 0 radical (unpaired) electrons. The summed E-state index contributed by atoms with van der Waals surface area (Å²) in [5, 5.41) is 12.1. The zero-order chi connectivity index (χ0) is 16.3. The molecule has 0 aromatic carbocycles. The van der Waals surface area contributed by atoms with Crippen LogP contribution in [-0.2, 0) is 9.53 Å². The van der Waals surface area contributed by atoms with Crippen LogP contribution in [0.25, 0.3) is 0 Å². The molecule has 21 heavy (non-hydrogen) atoms. The second kappa shape index (κ2) is 6.64. The molecule has 1 saturated heterocycles. The maximum Gasteiger partial charge on any atom is 0.408 e. The Morgan fingerprint density at radius 1 is 1.33 bits per heavy atom. The van der Waals surface area contributed by atoms with Crippen molar-refractivity contribution in [1.29, 1.82) is 0 Å². The number of likely N-dealkylation sites (tertiary alicyclic amines) is 1. The van der Waals surface area contributed by atoms with Crippen LogP contribution in [0.2, 0.25) is 0 Å². The highest BCUT2D eigenvalue weighted by atomic mass is 16.6. The van der Waals surface area contributed by atoms with Crippen molar-refractivity contribution in [3.63, 3.8) is 0 Å². The van der Waals surface area contributed by atoms with Gasteiger partial charge in [-0.05, 0) is 40.0 Å². The van der Waals surface area contributed by atoms with E-state index in [1.54, 1.807) is 20.8 Å². The number of nitrogens with one attached hydrogen (secondary N) is 1. The van der Waals surface area contributed by atoms with Gasteiger partial charge in [0.15, 0.2) is 5.54 Å². The maximum absolute atomic E-state index is 11.9. The number of nitrogens with zero attached hydrogens (tertiary/aromatic N) is 1. The topological polar surface area (TPSA) is 78.9 Å². The van der Waals surface area contributed by atoms with Gasteiger partial charge >= 0.3 is 12.1 Å². The standard InChI is InChI=1S/C15H28N2O4/c1-6-11(7-2)17-9-8-15(10-17,12(18)19)16-13(20)21-14(3,4)5/h11H,6-10H2,1-5H3,(H,16,20)(H,18,19). The number of carbonyl (C=O) groups is 2. The minimum Gasteiger partial charge on any atom is -0.479 e. The molecule has 2 N–H and O–H groups in total. The number of amides is 1. The number of carbonyl (C=O) groups excluding carboxylic acids is 1. The van der Waals surface area contributed by atoms with Crippen molar-refractivity contribution in [1.82, 2.24) is 10.2 Å². The van der Waals surface area contributed by atoms with Crippen molar-refractivity contribution in [3.8, 4) is 0 Å². The first-order valence-electron chi connectivity index (χ1n) is 7.62. The summed E-state index contributed by atoms with van der Waals surface area (Å²) in [5.74, 6) is -0.998. The predicted octanol–water partition coefficient (Wildman–Crippen LogP) is 2.23. The Morgan fingerprint density at radius 3 is 2.33 bits per heavy atom. The molecule has 1 rings (SSSR count). The summed E-state index contributed by atoms with van der Waals surface area (Å²) in [6.45, 7) is 10.5. The zero-order valence-corrected chi connectivity index (χ0v) is 13.7. The van der Waals surface area contributed by atoms with E-state index in [0.717, 1.165) is 12.8 Å². The van der Waals surface area contributed by atoms with E-state index < -0.39 is 23.2 Å². The summed E-state index contributed by atoms with van der Waals surface area (Å²) in [4.78, 5) is 25.7. The lowest BCUT2D eigenvalue weighted by Gasteiger charge is -2.30. The Balaban J connectivity index is 2.78. The van der Waals surface area contributed by atoms with Gasteiger partial charge in [-0.1, -0.05) is 13.8 Å². The summed E-state index contributed by atoms with van der Waals surface area (Å²) >= 11 is 0.